The minimum atomic E-state index is -1.10. The zero-order chi connectivity index (χ0) is 20.4. The second-order valence-corrected chi connectivity index (χ2v) is 6.75. The predicted molar refractivity (Wildman–Crippen MR) is 103 cm³/mol. The van der Waals surface area contributed by atoms with Gasteiger partial charge in [0.2, 0.25) is 0 Å². The van der Waals surface area contributed by atoms with Gasteiger partial charge in [0.05, 0.1) is 11.3 Å². The van der Waals surface area contributed by atoms with E-state index in [1.807, 2.05) is 0 Å². The monoisotopic (exact) mass is 400 g/mol. The third-order valence-electron chi connectivity index (χ3n) is 4.30. The molecule has 0 bridgehead atoms. The number of esters is 1. The van der Waals surface area contributed by atoms with Crippen LogP contribution in [-0.2, 0) is 19.1 Å². The third-order valence-corrected chi connectivity index (χ3v) is 4.54. The average Bonchev–Trinajstić information content (AvgIpc) is 2.90. The summed E-state index contributed by atoms with van der Waals surface area (Å²) in [5.74, 6) is -2.82. The summed E-state index contributed by atoms with van der Waals surface area (Å²) in [5.41, 5.74) is 1.90. The Balaban J connectivity index is 1.63. The van der Waals surface area contributed by atoms with Crippen LogP contribution in [0.25, 0.3) is 0 Å². The first-order valence-electron chi connectivity index (χ1n) is 8.49. The molecule has 28 heavy (non-hydrogen) atoms. The molecule has 2 aromatic carbocycles. The minimum Gasteiger partial charge on any atom is -0.451 e. The highest BCUT2D eigenvalue weighted by atomic mass is 35.5. The number of Topliss-reactive ketones (excluding diaryl/α,β-unsaturated/α-hetero) is 1. The molecule has 0 spiro atoms. The number of anilines is 2. The van der Waals surface area contributed by atoms with Crippen LogP contribution in [0.5, 0.6) is 0 Å². The molecule has 0 aromatic heterocycles. The van der Waals surface area contributed by atoms with Crippen LogP contribution in [0, 0.1) is 6.92 Å². The van der Waals surface area contributed by atoms with Gasteiger partial charge in [-0.15, -0.1) is 0 Å². The van der Waals surface area contributed by atoms with Gasteiger partial charge in [-0.3, -0.25) is 24.1 Å². The lowest BCUT2D eigenvalue weighted by Gasteiger charge is -2.18. The number of halogens is 1. The zero-order valence-electron chi connectivity index (χ0n) is 15.2. The molecule has 144 valence electrons. The Morgan fingerprint density at radius 3 is 2.64 bits per heavy atom. The van der Waals surface area contributed by atoms with E-state index in [4.69, 9.17) is 16.3 Å². The first-order chi connectivity index (χ1) is 13.3. The maximum absolute atomic E-state index is 12.3. The summed E-state index contributed by atoms with van der Waals surface area (Å²) in [6.07, 6.45) is -1.10. The van der Waals surface area contributed by atoms with Gasteiger partial charge in [-0.25, -0.2) is 0 Å². The van der Waals surface area contributed by atoms with Crippen molar-refractivity contribution in [2.75, 3.05) is 16.8 Å². The molecule has 1 aliphatic heterocycles. The maximum Gasteiger partial charge on any atom is 0.326 e. The van der Waals surface area contributed by atoms with Gasteiger partial charge in [0.1, 0.15) is 6.54 Å². The molecule has 7 nitrogen and oxygen atoms in total. The molecular weight excluding hydrogens is 384 g/mol. The van der Waals surface area contributed by atoms with Crippen LogP contribution in [0.15, 0.2) is 42.5 Å². The Morgan fingerprint density at radius 1 is 1.18 bits per heavy atom. The number of rotatable bonds is 5. The highest BCUT2D eigenvalue weighted by Gasteiger charge is 2.37. The van der Waals surface area contributed by atoms with Gasteiger partial charge in [-0.05, 0) is 43.7 Å². The van der Waals surface area contributed by atoms with Crippen molar-refractivity contribution < 1.29 is 23.9 Å². The number of carbonyl (C=O) groups is 4. The molecule has 0 radical (unpaired) electrons. The largest absolute Gasteiger partial charge is 0.451 e. The Labute approximate surface area is 166 Å². The average molecular weight is 401 g/mol. The molecule has 1 aliphatic rings. The number of fused-ring (bicyclic) bond motifs is 1. The molecule has 0 fully saturated rings. The lowest BCUT2D eigenvalue weighted by atomic mass is 10.1. The third kappa shape index (κ3) is 3.89. The van der Waals surface area contributed by atoms with Gasteiger partial charge in [0, 0.05) is 10.7 Å². The second kappa shape index (κ2) is 7.82. The number of para-hydroxylation sites is 1. The molecule has 1 atom stereocenters. The van der Waals surface area contributed by atoms with E-state index in [0.29, 0.717) is 16.4 Å². The van der Waals surface area contributed by atoms with E-state index >= 15 is 0 Å². The summed E-state index contributed by atoms with van der Waals surface area (Å²) in [5, 5.41) is 3.11. The fraction of sp³-hybridized carbons (Fsp3) is 0.200. The Bertz CT molecular complexity index is 988. The maximum atomic E-state index is 12.3. The van der Waals surface area contributed by atoms with Crippen molar-refractivity contribution in [1.29, 1.82) is 0 Å². The van der Waals surface area contributed by atoms with Crippen molar-refractivity contribution in [2.45, 2.75) is 20.0 Å². The Hall–Kier alpha value is -3.19. The molecule has 0 saturated heterocycles. The SMILES string of the molecule is Cc1ccc(Cl)cc1NC(=O)[C@@H](C)OC(=O)CN1C(=O)C(=O)c2ccccc21. The van der Waals surface area contributed by atoms with E-state index in [-0.39, 0.29) is 5.56 Å². The van der Waals surface area contributed by atoms with Crippen LogP contribution >= 0.6 is 11.6 Å². The molecule has 2 aromatic rings. The molecule has 3 rings (SSSR count). The number of benzene rings is 2. The van der Waals surface area contributed by atoms with E-state index in [0.717, 1.165) is 10.5 Å². The van der Waals surface area contributed by atoms with Gasteiger partial charge >= 0.3 is 5.97 Å². The van der Waals surface area contributed by atoms with Crippen molar-refractivity contribution in [3.63, 3.8) is 0 Å². The number of hydrogen-bond donors (Lipinski definition) is 1. The zero-order valence-corrected chi connectivity index (χ0v) is 15.9. The highest BCUT2D eigenvalue weighted by Crippen LogP contribution is 2.28. The van der Waals surface area contributed by atoms with Crippen molar-refractivity contribution in [2.24, 2.45) is 0 Å². The van der Waals surface area contributed by atoms with Crippen LogP contribution in [0.4, 0.5) is 11.4 Å². The fourth-order valence-electron chi connectivity index (χ4n) is 2.79. The van der Waals surface area contributed by atoms with E-state index in [9.17, 15) is 19.2 Å². The molecule has 8 heteroatoms. The van der Waals surface area contributed by atoms with Crippen molar-refractivity contribution in [3.8, 4) is 0 Å². The highest BCUT2D eigenvalue weighted by molar-refractivity contribution is 6.52. The van der Waals surface area contributed by atoms with Gasteiger partial charge < -0.3 is 10.1 Å². The van der Waals surface area contributed by atoms with Crippen molar-refractivity contribution >= 4 is 46.5 Å². The van der Waals surface area contributed by atoms with Crippen LogP contribution in [0.3, 0.4) is 0 Å². The minimum absolute atomic E-state index is 0.238. The topological polar surface area (TPSA) is 92.8 Å². The molecule has 0 unspecified atom stereocenters. The van der Waals surface area contributed by atoms with E-state index < -0.39 is 36.2 Å². The first-order valence-corrected chi connectivity index (χ1v) is 8.87. The summed E-state index contributed by atoms with van der Waals surface area (Å²) in [4.78, 5) is 49.6. The second-order valence-electron chi connectivity index (χ2n) is 6.32. The fourth-order valence-corrected chi connectivity index (χ4v) is 2.96. The van der Waals surface area contributed by atoms with Gasteiger partial charge in [0.25, 0.3) is 17.6 Å². The van der Waals surface area contributed by atoms with Gasteiger partial charge in [-0.2, -0.15) is 0 Å². The smallest absolute Gasteiger partial charge is 0.326 e. The van der Waals surface area contributed by atoms with Crippen molar-refractivity contribution in [3.05, 3.63) is 58.6 Å². The quantitative estimate of drug-likeness (QED) is 0.615. The number of ether oxygens (including phenoxy) is 1. The standard InChI is InChI=1S/C20H17ClN2O5/c1-11-7-8-13(21)9-15(11)22-19(26)12(2)28-17(24)10-23-16-6-4-3-5-14(16)18(25)20(23)27/h3-9,12H,10H2,1-2H3,(H,22,26)/t12-/m1/s1. The molecule has 0 aliphatic carbocycles. The molecule has 2 amide bonds. The molecular formula is C20H17ClN2O5. The normalized spacial score (nSPS) is 13.9. The van der Waals surface area contributed by atoms with Crippen molar-refractivity contribution in [1.82, 2.24) is 0 Å². The van der Waals surface area contributed by atoms with E-state index in [1.54, 1.807) is 43.3 Å². The first kappa shape index (κ1) is 19.6. The summed E-state index contributed by atoms with van der Waals surface area (Å²) in [6, 6.07) is 11.4. The summed E-state index contributed by atoms with van der Waals surface area (Å²) >= 11 is 5.92. The Morgan fingerprint density at radius 2 is 1.89 bits per heavy atom. The van der Waals surface area contributed by atoms with Gasteiger partial charge in [0.15, 0.2) is 6.10 Å². The Kier molecular flexibility index (Phi) is 5.46. The summed E-state index contributed by atoms with van der Waals surface area (Å²) in [7, 11) is 0. The summed E-state index contributed by atoms with van der Waals surface area (Å²) in [6.45, 7) is 2.75. The van der Waals surface area contributed by atoms with Crippen LogP contribution in [0.1, 0.15) is 22.8 Å². The number of ketones is 1. The number of aryl methyl sites for hydroxylation is 1. The molecule has 1 heterocycles. The number of amides is 2. The van der Waals surface area contributed by atoms with E-state index in [1.165, 1.54) is 13.0 Å². The van der Waals surface area contributed by atoms with E-state index in [2.05, 4.69) is 5.32 Å². The number of carbonyl (C=O) groups excluding carboxylic acids is 4. The molecule has 1 N–H and O–H groups in total. The number of hydrogen-bond acceptors (Lipinski definition) is 5. The predicted octanol–water partition coefficient (Wildman–Crippen LogP) is 2.75. The molecule has 0 saturated carbocycles. The lowest BCUT2D eigenvalue weighted by Crippen LogP contribution is -2.38. The van der Waals surface area contributed by atoms with Gasteiger partial charge in [-0.1, -0.05) is 29.8 Å². The summed E-state index contributed by atoms with van der Waals surface area (Å²) < 4.78 is 5.13. The number of nitrogens with one attached hydrogen (secondary N) is 1. The van der Waals surface area contributed by atoms with Crippen LogP contribution in [-0.4, -0.2) is 36.2 Å². The lowest BCUT2D eigenvalue weighted by molar-refractivity contribution is -0.152. The van der Waals surface area contributed by atoms with Crippen LogP contribution < -0.4 is 10.2 Å². The van der Waals surface area contributed by atoms with Crippen LogP contribution in [0.2, 0.25) is 5.02 Å². The number of nitrogens with zero attached hydrogens (tertiary/aromatic N) is 1.